The highest BCUT2D eigenvalue weighted by Gasteiger charge is 2.06. The first-order valence-corrected chi connectivity index (χ1v) is 5.89. The van der Waals surface area contributed by atoms with Gasteiger partial charge in [-0.15, -0.1) is 0 Å². The van der Waals surface area contributed by atoms with Crippen molar-refractivity contribution in [3.05, 3.63) is 23.9 Å². The highest BCUT2D eigenvalue weighted by molar-refractivity contribution is 5.51. The first-order valence-electron chi connectivity index (χ1n) is 5.89. The molecule has 0 bridgehead atoms. The van der Waals surface area contributed by atoms with Crippen LogP contribution < -0.4 is 5.32 Å². The second-order valence-corrected chi connectivity index (χ2v) is 4.05. The monoisotopic (exact) mass is 217 g/mol. The van der Waals surface area contributed by atoms with Crippen LogP contribution in [0, 0.1) is 11.3 Å². The van der Waals surface area contributed by atoms with Crippen LogP contribution in [0.1, 0.15) is 45.1 Å². The maximum atomic E-state index is 8.92. The summed E-state index contributed by atoms with van der Waals surface area (Å²) in [4.78, 5) is 4.18. The standard InChI is InChI=1S/C13H19N3/c1-3-4-5-7-11(2)16-13-12(10-14)8-6-9-15-13/h6,8-9,11H,3-5,7H2,1-2H3,(H,15,16). The highest BCUT2D eigenvalue weighted by Crippen LogP contribution is 2.13. The van der Waals surface area contributed by atoms with Gasteiger partial charge >= 0.3 is 0 Å². The number of nitrogens with one attached hydrogen (secondary N) is 1. The number of rotatable bonds is 6. The van der Waals surface area contributed by atoms with Crippen molar-refractivity contribution in [2.75, 3.05) is 5.32 Å². The fraction of sp³-hybridized carbons (Fsp3) is 0.538. The molecule has 0 amide bonds. The summed E-state index contributed by atoms with van der Waals surface area (Å²) in [5.74, 6) is 0.703. The van der Waals surface area contributed by atoms with Gasteiger partial charge < -0.3 is 5.32 Å². The average Bonchev–Trinajstić information content (AvgIpc) is 2.30. The number of nitrogens with zero attached hydrogens (tertiary/aromatic N) is 2. The predicted octanol–water partition coefficient (Wildman–Crippen LogP) is 3.33. The maximum absolute atomic E-state index is 8.92. The molecular formula is C13H19N3. The van der Waals surface area contributed by atoms with Gasteiger partial charge in [0.05, 0.1) is 5.56 Å². The van der Waals surface area contributed by atoms with Gasteiger partial charge in [0.25, 0.3) is 0 Å². The third kappa shape index (κ3) is 3.90. The molecule has 0 aliphatic carbocycles. The Labute approximate surface area is 97.5 Å². The molecule has 0 saturated carbocycles. The molecule has 0 spiro atoms. The molecule has 1 heterocycles. The molecule has 1 unspecified atom stereocenters. The van der Waals surface area contributed by atoms with E-state index in [0.29, 0.717) is 17.4 Å². The lowest BCUT2D eigenvalue weighted by Gasteiger charge is -2.14. The second kappa shape index (κ2) is 6.84. The van der Waals surface area contributed by atoms with Crippen LogP contribution in [-0.4, -0.2) is 11.0 Å². The zero-order valence-corrected chi connectivity index (χ0v) is 10.0. The maximum Gasteiger partial charge on any atom is 0.144 e. The largest absolute Gasteiger partial charge is 0.367 e. The van der Waals surface area contributed by atoms with Crippen LogP contribution in [0.5, 0.6) is 0 Å². The van der Waals surface area contributed by atoms with E-state index in [1.165, 1.54) is 19.3 Å². The van der Waals surface area contributed by atoms with E-state index in [4.69, 9.17) is 5.26 Å². The van der Waals surface area contributed by atoms with E-state index < -0.39 is 0 Å². The molecule has 0 fully saturated rings. The Balaban J connectivity index is 2.49. The molecule has 0 aromatic carbocycles. The minimum absolute atomic E-state index is 0.369. The molecule has 1 rings (SSSR count). The Kier molecular flexibility index (Phi) is 5.35. The van der Waals surface area contributed by atoms with Crippen molar-refractivity contribution < 1.29 is 0 Å². The summed E-state index contributed by atoms with van der Waals surface area (Å²) in [6, 6.07) is 6.08. The number of hydrogen-bond donors (Lipinski definition) is 1. The van der Waals surface area contributed by atoms with Gasteiger partial charge in [-0.05, 0) is 25.5 Å². The van der Waals surface area contributed by atoms with Crippen LogP contribution in [0.15, 0.2) is 18.3 Å². The number of nitriles is 1. The van der Waals surface area contributed by atoms with E-state index in [1.807, 2.05) is 0 Å². The Hall–Kier alpha value is -1.56. The van der Waals surface area contributed by atoms with Crippen LogP contribution in [0.4, 0.5) is 5.82 Å². The third-order valence-electron chi connectivity index (χ3n) is 2.55. The summed E-state index contributed by atoms with van der Waals surface area (Å²) in [5.41, 5.74) is 0.616. The molecule has 1 atom stereocenters. The molecule has 1 aromatic rings. The van der Waals surface area contributed by atoms with Crippen LogP contribution in [0.2, 0.25) is 0 Å². The van der Waals surface area contributed by atoms with Crippen LogP contribution in [0.3, 0.4) is 0 Å². The SMILES string of the molecule is CCCCCC(C)Nc1ncccc1C#N. The molecule has 0 radical (unpaired) electrons. The second-order valence-electron chi connectivity index (χ2n) is 4.05. The lowest BCUT2D eigenvalue weighted by Crippen LogP contribution is -2.16. The number of aromatic nitrogens is 1. The molecular weight excluding hydrogens is 198 g/mol. The molecule has 3 nitrogen and oxygen atoms in total. The smallest absolute Gasteiger partial charge is 0.144 e. The van der Waals surface area contributed by atoms with E-state index in [-0.39, 0.29) is 0 Å². The molecule has 0 saturated heterocycles. The first-order chi connectivity index (χ1) is 7.77. The molecule has 1 N–H and O–H groups in total. The zero-order valence-electron chi connectivity index (χ0n) is 10.0. The number of anilines is 1. The van der Waals surface area contributed by atoms with Crippen LogP contribution in [-0.2, 0) is 0 Å². The minimum atomic E-state index is 0.369. The third-order valence-corrected chi connectivity index (χ3v) is 2.55. The van der Waals surface area contributed by atoms with Crippen LogP contribution in [0.25, 0.3) is 0 Å². The summed E-state index contributed by atoms with van der Waals surface area (Å²) in [7, 11) is 0. The summed E-state index contributed by atoms with van der Waals surface area (Å²) in [6.07, 6.45) is 6.55. The molecule has 86 valence electrons. The topological polar surface area (TPSA) is 48.7 Å². The lowest BCUT2D eigenvalue weighted by molar-refractivity contribution is 0.613. The van der Waals surface area contributed by atoms with Crippen molar-refractivity contribution in [3.63, 3.8) is 0 Å². The summed E-state index contributed by atoms with van der Waals surface area (Å²) < 4.78 is 0. The van der Waals surface area contributed by atoms with Crippen molar-refractivity contribution in [1.29, 1.82) is 5.26 Å². The van der Waals surface area contributed by atoms with E-state index in [1.54, 1.807) is 18.3 Å². The quantitative estimate of drug-likeness (QED) is 0.743. The molecule has 0 aliphatic rings. The van der Waals surface area contributed by atoms with Crippen molar-refractivity contribution in [3.8, 4) is 6.07 Å². The van der Waals surface area contributed by atoms with Gasteiger partial charge in [-0.3, -0.25) is 0 Å². The first kappa shape index (κ1) is 12.5. The Morgan fingerprint density at radius 3 is 3.00 bits per heavy atom. The summed E-state index contributed by atoms with van der Waals surface area (Å²) >= 11 is 0. The van der Waals surface area contributed by atoms with E-state index in [9.17, 15) is 0 Å². The average molecular weight is 217 g/mol. The van der Waals surface area contributed by atoms with Crippen molar-refractivity contribution in [2.24, 2.45) is 0 Å². The summed E-state index contributed by atoms with van der Waals surface area (Å²) in [5, 5.41) is 12.2. The van der Waals surface area contributed by atoms with Crippen LogP contribution >= 0.6 is 0 Å². The highest BCUT2D eigenvalue weighted by atomic mass is 15.0. The van der Waals surface area contributed by atoms with Gasteiger partial charge in [-0.2, -0.15) is 5.26 Å². The number of unbranched alkanes of at least 4 members (excludes halogenated alkanes) is 2. The molecule has 3 heteroatoms. The Morgan fingerprint density at radius 1 is 1.50 bits per heavy atom. The fourth-order valence-corrected chi connectivity index (χ4v) is 1.62. The van der Waals surface area contributed by atoms with Gasteiger partial charge in [0, 0.05) is 12.2 Å². The summed E-state index contributed by atoms with van der Waals surface area (Å²) in [6.45, 7) is 4.33. The number of pyridine rings is 1. The molecule has 1 aromatic heterocycles. The van der Waals surface area contributed by atoms with Gasteiger partial charge in [0.2, 0.25) is 0 Å². The van der Waals surface area contributed by atoms with Crippen molar-refractivity contribution in [1.82, 2.24) is 4.98 Å². The van der Waals surface area contributed by atoms with Gasteiger partial charge in [-0.25, -0.2) is 4.98 Å². The van der Waals surface area contributed by atoms with Gasteiger partial charge in [-0.1, -0.05) is 26.2 Å². The fourth-order valence-electron chi connectivity index (χ4n) is 1.62. The van der Waals surface area contributed by atoms with Crippen molar-refractivity contribution >= 4 is 5.82 Å². The Bertz CT molecular complexity index is 354. The Morgan fingerprint density at radius 2 is 2.31 bits per heavy atom. The van der Waals surface area contributed by atoms with Crippen molar-refractivity contribution in [2.45, 2.75) is 45.6 Å². The molecule has 0 aliphatic heterocycles. The predicted molar refractivity (Wildman–Crippen MR) is 66.2 cm³/mol. The molecule has 16 heavy (non-hydrogen) atoms. The minimum Gasteiger partial charge on any atom is -0.367 e. The number of hydrogen-bond acceptors (Lipinski definition) is 3. The zero-order chi connectivity index (χ0) is 11.8. The van der Waals surface area contributed by atoms with Gasteiger partial charge in [0.1, 0.15) is 11.9 Å². The normalized spacial score (nSPS) is 11.8. The van der Waals surface area contributed by atoms with E-state index in [2.05, 4.69) is 30.2 Å². The van der Waals surface area contributed by atoms with E-state index >= 15 is 0 Å². The van der Waals surface area contributed by atoms with E-state index in [0.717, 1.165) is 6.42 Å². The van der Waals surface area contributed by atoms with Gasteiger partial charge in [0.15, 0.2) is 0 Å². The lowest BCUT2D eigenvalue weighted by atomic mass is 10.1.